The number of carbonyl (C=O) groups excluding carboxylic acids is 5. The Morgan fingerprint density at radius 1 is 0.760 bits per heavy atom. The Labute approximate surface area is 293 Å². The minimum atomic E-state index is -1.01. The van der Waals surface area contributed by atoms with Gasteiger partial charge >= 0.3 is 6.09 Å². The van der Waals surface area contributed by atoms with Crippen molar-refractivity contribution in [3.05, 3.63) is 29.3 Å². The van der Waals surface area contributed by atoms with E-state index < -0.39 is 41.4 Å². The van der Waals surface area contributed by atoms with Gasteiger partial charge in [-0.2, -0.15) is 0 Å². The number of rotatable bonds is 25. The number of unbranched alkanes of at least 4 members (excludes halogenated alkanes) is 1. The smallest absolute Gasteiger partial charge is 0.407 e. The van der Waals surface area contributed by atoms with Crippen molar-refractivity contribution in [1.29, 1.82) is 0 Å². The number of benzene rings is 1. The predicted octanol–water partition coefficient (Wildman–Crippen LogP) is 1.90. The zero-order chi connectivity index (χ0) is 36.2. The van der Waals surface area contributed by atoms with Crippen molar-refractivity contribution in [3.8, 4) is 0 Å². The highest BCUT2D eigenvalue weighted by Gasteiger charge is 2.45. The number of nitrogens with zero attached hydrogens (tertiary/aromatic N) is 1. The van der Waals surface area contributed by atoms with Gasteiger partial charge in [-0.15, -0.1) is 0 Å². The van der Waals surface area contributed by atoms with Crippen molar-refractivity contribution in [2.75, 3.05) is 97.7 Å². The molecule has 280 valence electrons. The first-order chi connectivity index (χ1) is 24.1. The summed E-state index contributed by atoms with van der Waals surface area (Å²) in [6.45, 7) is 11.8. The molecule has 16 heteroatoms. The molecular formula is C34H52N4O12. The second-order valence-electron chi connectivity index (χ2n) is 12.4. The van der Waals surface area contributed by atoms with E-state index in [1.807, 2.05) is 20.8 Å². The van der Waals surface area contributed by atoms with Gasteiger partial charge in [0.15, 0.2) is 0 Å². The molecule has 3 N–H and O–H groups in total. The lowest BCUT2D eigenvalue weighted by Gasteiger charge is -2.27. The second kappa shape index (κ2) is 22.2. The van der Waals surface area contributed by atoms with Gasteiger partial charge in [0.1, 0.15) is 11.6 Å². The maximum atomic E-state index is 13.1. The third kappa shape index (κ3) is 14.7. The van der Waals surface area contributed by atoms with E-state index in [9.17, 15) is 24.0 Å². The minimum Gasteiger partial charge on any atom is -0.444 e. The van der Waals surface area contributed by atoms with Gasteiger partial charge in [-0.05, 0) is 52.2 Å². The van der Waals surface area contributed by atoms with Crippen LogP contribution < -0.4 is 16.0 Å². The number of ether oxygens (including phenoxy) is 7. The Hall–Kier alpha value is -3.67. The van der Waals surface area contributed by atoms with Crippen molar-refractivity contribution in [1.82, 2.24) is 15.5 Å². The van der Waals surface area contributed by atoms with Gasteiger partial charge in [0.05, 0.1) is 83.8 Å². The van der Waals surface area contributed by atoms with E-state index in [-0.39, 0.29) is 24.0 Å². The van der Waals surface area contributed by atoms with E-state index in [1.165, 1.54) is 0 Å². The molecule has 2 aliphatic rings. The van der Waals surface area contributed by atoms with E-state index in [4.69, 9.17) is 33.2 Å². The molecule has 2 aliphatic heterocycles. The first-order valence-corrected chi connectivity index (χ1v) is 17.1. The zero-order valence-electron chi connectivity index (χ0n) is 29.4. The maximum absolute atomic E-state index is 13.1. The number of carbonyl (C=O) groups is 5. The lowest BCUT2D eigenvalue weighted by Crippen LogP contribution is -2.54. The third-order valence-electron chi connectivity index (χ3n) is 7.27. The summed E-state index contributed by atoms with van der Waals surface area (Å²) >= 11 is 0. The molecule has 0 bridgehead atoms. The van der Waals surface area contributed by atoms with Crippen molar-refractivity contribution in [2.45, 2.75) is 58.1 Å². The molecule has 1 aromatic rings. The molecule has 0 spiro atoms. The van der Waals surface area contributed by atoms with Gasteiger partial charge in [0, 0.05) is 31.8 Å². The molecular weight excluding hydrogens is 656 g/mol. The van der Waals surface area contributed by atoms with Crippen LogP contribution in [0.2, 0.25) is 0 Å². The number of piperidine rings is 1. The summed E-state index contributed by atoms with van der Waals surface area (Å²) in [4.78, 5) is 62.3. The molecule has 5 amide bonds. The number of nitrogens with one attached hydrogen (secondary N) is 3. The lowest BCUT2D eigenvalue weighted by atomic mass is 10.0. The Morgan fingerprint density at radius 2 is 1.32 bits per heavy atom. The van der Waals surface area contributed by atoms with Crippen molar-refractivity contribution >= 4 is 35.4 Å². The van der Waals surface area contributed by atoms with Crippen LogP contribution in [-0.4, -0.2) is 139 Å². The fraction of sp³-hybridized carbons (Fsp3) is 0.676. The van der Waals surface area contributed by atoms with Crippen LogP contribution in [0.15, 0.2) is 18.2 Å². The monoisotopic (exact) mass is 708 g/mol. The van der Waals surface area contributed by atoms with E-state index >= 15 is 0 Å². The van der Waals surface area contributed by atoms with Crippen LogP contribution in [0.3, 0.4) is 0 Å². The molecule has 0 radical (unpaired) electrons. The predicted molar refractivity (Wildman–Crippen MR) is 180 cm³/mol. The number of imide groups is 2. The van der Waals surface area contributed by atoms with E-state index in [0.717, 1.165) is 17.7 Å². The zero-order valence-corrected chi connectivity index (χ0v) is 29.4. The van der Waals surface area contributed by atoms with Crippen LogP contribution in [0, 0.1) is 0 Å². The number of anilines is 1. The molecule has 1 atom stereocenters. The molecule has 1 saturated heterocycles. The fourth-order valence-corrected chi connectivity index (χ4v) is 4.96. The standard InChI is InChI=1S/C34H52N4O12/c1-34(2,3)50-33(43)36-11-4-5-13-44-15-17-46-19-21-48-23-24-49-22-20-47-18-16-45-14-12-35-26-8-6-7-25-29(26)32(42)38(31(25)41)27-9-10-28(39)37-30(27)40/h6-8,27,35H,4-5,9-24H2,1-3H3,(H,36,43)(H,37,39,40). The average Bonchev–Trinajstić information content (AvgIpc) is 3.31. The fourth-order valence-electron chi connectivity index (χ4n) is 4.96. The molecule has 16 nitrogen and oxygen atoms in total. The largest absolute Gasteiger partial charge is 0.444 e. The van der Waals surface area contributed by atoms with Gasteiger partial charge in [-0.1, -0.05) is 6.07 Å². The highest BCUT2D eigenvalue weighted by Crippen LogP contribution is 2.32. The molecule has 1 unspecified atom stereocenters. The molecule has 2 heterocycles. The van der Waals surface area contributed by atoms with Crippen molar-refractivity contribution in [3.63, 3.8) is 0 Å². The van der Waals surface area contributed by atoms with Crippen LogP contribution in [0.4, 0.5) is 10.5 Å². The molecule has 1 aromatic carbocycles. The lowest BCUT2D eigenvalue weighted by molar-refractivity contribution is -0.136. The topological polar surface area (TPSA) is 189 Å². The second-order valence-corrected chi connectivity index (χ2v) is 12.4. The highest BCUT2D eigenvalue weighted by atomic mass is 16.6. The molecule has 50 heavy (non-hydrogen) atoms. The molecule has 0 saturated carbocycles. The molecule has 1 fully saturated rings. The molecule has 0 aliphatic carbocycles. The summed E-state index contributed by atoms with van der Waals surface area (Å²) in [5.74, 6) is -2.17. The highest BCUT2D eigenvalue weighted by molar-refractivity contribution is 6.25. The minimum absolute atomic E-state index is 0.0655. The van der Waals surface area contributed by atoms with Crippen LogP contribution in [0.1, 0.15) is 67.2 Å². The average molecular weight is 709 g/mol. The van der Waals surface area contributed by atoms with E-state index in [1.54, 1.807) is 18.2 Å². The van der Waals surface area contributed by atoms with Crippen LogP contribution in [0.25, 0.3) is 0 Å². The summed E-state index contributed by atoms with van der Waals surface area (Å²) in [6, 6.07) is 3.90. The Bertz CT molecular complexity index is 1260. The van der Waals surface area contributed by atoms with Crippen molar-refractivity contribution < 1.29 is 57.1 Å². The quantitative estimate of drug-likeness (QED) is 0.0988. The summed E-state index contributed by atoms with van der Waals surface area (Å²) < 4.78 is 38.2. The Balaban J connectivity index is 1.08. The maximum Gasteiger partial charge on any atom is 0.407 e. The van der Waals surface area contributed by atoms with Crippen LogP contribution >= 0.6 is 0 Å². The Kier molecular flexibility index (Phi) is 18.1. The van der Waals surface area contributed by atoms with E-state index in [2.05, 4.69) is 16.0 Å². The summed E-state index contributed by atoms with van der Waals surface area (Å²) in [7, 11) is 0. The third-order valence-corrected chi connectivity index (χ3v) is 7.27. The number of amides is 5. The number of fused-ring (bicyclic) bond motifs is 1. The summed E-state index contributed by atoms with van der Waals surface area (Å²) in [5.41, 5.74) is 0.407. The Morgan fingerprint density at radius 3 is 1.88 bits per heavy atom. The first-order valence-electron chi connectivity index (χ1n) is 17.1. The van der Waals surface area contributed by atoms with Crippen molar-refractivity contribution in [2.24, 2.45) is 0 Å². The molecule has 0 aromatic heterocycles. The first kappa shape index (κ1) is 40.8. The number of hydrogen-bond acceptors (Lipinski definition) is 13. The van der Waals surface area contributed by atoms with E-state index in [0.29, 0.717) is 98.1 Å². The van der Waals surface area contributed by atoms with Crippen LogP contribution in [0.5, 0.6) is 0 Å². The van der Waals surface area contributed by atoms with Gasteiger partial charge in [-0.25, -0.2) is 4.79 Å². The SMILES string of the molecule is CC(C)(C)OC(=O)NCCCCOCCOCCOCCOCCOCCOCCNc1cccc2c1C(=O)N(C1CCC(=O)NC1=O)C2=O. The molecule has 3 rings (SSSR count). The van der Waals surface area contributed by atoms with Gasteiger partial charge in [0.2, 0.25) is 11.8 Å². The van der Waals surface area contributed by atoms with Gasteiger partial charge in [-0.3, -0.25) is 29.4 Å². The number of alkyl carbamates (subject to hydrolysis) is 1. The van der Waals surface area contributed by atoms with Gasteiger partial charge < -0.3 is 43.8 Å². The van der Waals surface area contributed by atoms with Gasteiger partial charge in [0.25, 0.3) is 11.8 Å². The number of hydrogen-bond donors (Lipinski definition) is 3. The summed E-state index contributed by atoms with van der Waals surface area (Å²) in [5, 5.41) is 8.04. The van der Waals surface area contributed by atoms with Crippen LogP contribution in [-0.2, 0) is 42.7 Å². The summed E-state index contributed by atoms with van der Waals surface area (Å²) in [6.07, 6.45) is 1.40. The normalized spacial score (nSPS) is 16.1.